The molecular formula is C8H10N2O4. The summed E-state index contributed by atoms with van der Waals surface area (Å²) in [6, 6.07) is 0. The van der Waals surface area contributed by atoms with E-state index in [1.54, 1.807) is 0 Å². The molecule has 1 aliphatic carbocycles. The van der Waals surface area contributed by atoms with Gasteiger partial charge in [0.2, 0.25) is 0 Å². The molecule has 1 saturated carbocycles. The van der Waals surface area contributed by atoms with Gasteiger partial charge in [-0.05, 0) is 24.4 Å². The van der Waals surface area contributed by atoms with Crippen molar-refractivity contribution in [3.8, 4) is 0 Å². The van der Waals surface area contributed by atoms with Gasteiger partial charge in [-0.3, -0.25) is 0 Å². The van der Waals surface area contributed by atoms with E-state index in [0.29, 0.717) is 0 Å². The van der Waals surface area contributed by atoms with Gasteiger partial charge < -0.3 is 14.4 Å². The summed E-state index contributed by atoms with van der Waals surface area (Å²) in [7, 11) is 0. The first-order chi connectivity index (χ1) is 6.75. The summed E-state index contributed by atoms with van der Waals surface area (Å²) >= 11 is 0. The largest absolute Gasteiger partial charge is 0.475 e. The van der Waals surface area contributed by atoms with Crippen molar-refractivity contribution < 1.29 is 19.2 Å². The Morgan fingerprint density at radius 1 is 1.64 bits per heavy atom. The molecule has 0 amide bonds. The molecule has 6 nitrogen and oxygen atoms in total. The molecule has 76 valence electrons. The summed E-state index contributed by atoms with van der Waals surface area (Å²) in [6.07, 6.45) is 3.57. The third kappa shape index (κ3) is 1.90. The second-order valence-electron chi connectivity index (χ2n) is 3.18. The highest BCUT2D eigenvalue weighted by molar-refractivity contribution is 5.82. The SMILES string of the molecule is O=C(O)c1noc(COC2CCC2)n1. The highest BCUT2D eigenvalue weighted by Gasteiger charge is 2.19. The average Bonchev–Trinajstić information content (AvgIpc) is 2.50. The van der Waals surface area contributed by atoms with E-state index in [4.69, 9.17) is 9.84 Å². The standard InChI is InChI=1S/C8H10N2O4/c11-8(12)7-9-6(14-10-7)4-13-5-2-1-3-5/h5H,1-4H2,(H,11,12). The number of carbonyl (C=O) groups is 1. The van der Waals surface area contributed by atoms with Gasteiger partial charge in [-0.15, -0.1) is 0 Å². The molecule has 0 aliphatic heterocycles. The molecule has 14 heavy (non-hydrogen) atoms. The van der Waals surface area contributed by atoms with Crippen LogP contribution in [0.25, 0.3) is 0 Å². The van der Waals surface area contributed by atoms with Crippen molar-refractivity contribution in [3.63, 3.8) is 0 Å². The van der Waals surface area contributed by atoms with Gasteiger partial charge >= 0.3 is 5.97 Å². The minimum atomic E-state index is -1.19. The summed E-state index contributed by atoms with van der Waals surface area (Å²) < 4.78 is 10.0. The fraction of sp³-hybridized carbons (Fsp3) is 0.625. The maximum Gasteiger partial charge on any atom is 0.377 e. The molecule has 1 fully saturated rings. The van der Waals surface area contributed by atoms with Crippen LogP contribution in [0, 0.1) is 0 Å². The zero-order valence-corrected chi connectivity index (χ0v) is 7.47. The van der Waals surface area contributed by atoms with Crippen LogP contribution in [0.15, 0.2) is 4.52 Å². The number of ether oxygens (including phenoxy) is 1. The maximum atomic E-state index is 10.4. The normalized spacial score (nSPS) is 16.6. The molecule has 0 aromatic carbocycles. The summed E-state index contributed by atoms with van der Waals surface area (Å²) in [5.41, 5.74) is 0. The van der Waals surface area contributed by atoms with Gasteiger partial charge in [0.05, 0.1) is 6.10 Å². The van der Waals surface area contributed by atoms with Gasteiger partial charge in [0, 0.05) is 0 Å². The van der Waals surface area contributed by atoms with Crippen LogP contribution in [0.4, 0.5) is 0 Å². The van der Waals surface area contributed by atoms with E-state index >= 15 is 0 Å². The van der Waals surface area contributed by atoms with E-state index in [0.717, 1.165) is 12.8 Å². The molecule has 1 N–H and O–H groups in total. The van der Waals surface area contributed by atoms with Crippen molar-refractivity contribution >= 4 is 5.97 Å². The number of hydrogen-bond acceptors (Lipinski definition) is 5. The third-order valence-electron chi connectivity index (χ3n) is 2.15. The number of rotatable bonds is 4. The topological polar surface area (TPSA) is 85.5 Å². The number of aromatic carboxylic acids is 1. The smallest absolute Gasteiger partial charge is 0.377 e. The monoisotopic (exact) mass is 198 g/mol. The molecule has 0 radical (unpaired) electrons. The molecule has 6 heteroatoms. The Morgan fingerprint density at radius 2 is 2.43 bits per heavy atom. The van der Waals surface area contributed by atoms with Crippen molar-refractivity contribution in [3.05, 3.63) is 11.7 Å². The van der Waals surface area contributed by atoms with E-state index in [1.165, 1.54) is 6.42 Å². The van der Waals surface area contributed by atoms with Crippen LogP contribution in [0.2, 0.25) is 0 Å². The van der Waals surface area contributed by atoms with E-state index in [9.17, 15) is 4.79 Å². The fourth-order valence-electron chi connectivity index (χ4n) is 1.13. The van der Waals surface area contributed by atoms with Crippen molar-refractivity contribution in [1.82, 2.24) is 10.1 Å². The lowest BCUT2D eigenvalue weighted by Crippen LogP contribution is -2.21. The van der Waals surface area contributed by atoms with Crippen molar-refractivity contribution in [2.75, 3.05) is 0 Å². The maximum absolute atomic E-state index is 10.4. The van der Waals surface area contributed by atoms with Crippen LogP contribution in [0.1, 0.15) is 35.8 Å². The second-order valence-corrected chi connectivity index (χ2v) is 3.18. The number of carboxylic acid groups (broad SMARTS) is 1. The van der Waals surface area contributed by atoms with Gasteiger partial charge in [0.15, 0.2) is 0 Å². The summed E-state index contributed by atoms with van der Waals surface area (Å²) in [5.74, 6) is -1.30. The fourth-order valence-corrected chi connectivity index (χ4v) is 1.13. The molecule has 1 aromatic rings. The van der Waals surface area contributed by atoms with Crippen LogP contribution >= 0.6 is 0 Å². The van der Waals surface area contributed by atoms with E-state index in [1.807, 2.05) is 0 Å². The van der Waals surface area contributed by atoms with Crippen LogP contribution in [0.3, 0.4) is 0 Å². The van der Waals surface area contributed by atoms with E-state index in [-0.39, 0.29) is 24.4 Å². The average molecular weight is 198 g/mol. The summed E-state index contributed by atoms with van der Waals surface area (Å²) in [4.78, 5) is 14.0. The van der Waals surface area contributed by atoms with Crippen LogP contribution < -0.4 is 0 Å². The number of nitrogens with zero attached hydrogens (tertiary/aromatic N) is 2. The molecule has 0 saturated heterocycles. The lowest BCUT2D eigenvalue weighted by molar-refractivity contribution is -0.0192. The number of carboxylic acids is 1. The lowest BCUT2D eigenvalue weighted by atomic mass is 9.96. The second kappa shape index (κ2) is 3.75. The van der Waals surface area contributed by atoms with E-state index < -0.39 is 5.97 Å². The molecular weight excluding hydrogens is 188 g/mol. The van der Waals surface area contributed by atoms with Crippen molar-refractivity contribution in [2.24, 2.45) is 0 Å². The molecule has 0 unspecified atom stereocenters. The first-order valence-electron chi connectivity index (χ1n) is 4.43. The zero-order chi connectivity index (χ0) is 9.97. The molecule has 1 aromatic heterocycles. The molecule has 2 rings (SSSR count). The van der Waals surface area contributed by atoms with Gasteiger partial charge in [0.25, 0.3) is 11.7 Å². The lowest BCUT2D eigenvalue weighted by Gasteiger charge is -2.24. The van der Waals surface area contributed by atoms with E-state index in [2.05, 4.69) is 14.7 Å². The van der Waals surface area contributed by atoms with Crippen LogP contribution in [-0.4, -0.2) is 27.3 Å². The van der Waals surface area contributed by atoms with Crippen molar-refractivity contribution in [2.45, 2.75) is 32.0 Å². The Kier molecular flexibility index (Phi) is 2.45. The number of hydrogen-bond donors (Lipinski definition) is 1. The zero-order valence-electron chi connectivity index (χ0n) is 7.47. The minimum Gasteiger partial charge on any atom is -0.475 e. The summed E-state index contributed by atoms with van der Waals surface area (Å²) in [6.45, 7) is 0.199. The van der Waals surface area contributed by atoms with Gasteiger partial charge in [0.1, 0.15) is 6.61 Å². The molecule has 0 bridgehead atoms. The summed E-state index contributed by atoms with van der Waals surface area (Å²) in [5, 5.41) is 11.8. The first-order valence-corrected chi connectivity index (χ1v) is 4.43. The van der Waals surface area contributed by atoms with Gasteiger partial charge in [-0.25, -0.2) is 4.79 Å². The first kappa shape index (κ1) is 9.14. The van der Waals surface area contributed by atoms with Gasteiger partial charge in [-0.1, -0.05) is 0 Å². The Bertz CT molecular complexity index is 332. The highest BCUT2D eigenvalue weighted by atomic mass is 16.5. The molecule has 1 heterocycles. The Balaban J connectivity index is 1.86. The van der Waals surface area contributed by atoms with Crippen molar-refractivity contribution in [1.29, 1.82) is 0 Å². The predicted octanol–water partition coefficient (Wildman–Crippen LogP) is 0.837. The Morgan fingerprint density at radius 3 is 2.93 bits per heavy atom. The Labute approximate surface area is 79.9 Å². The highest BCUT2D eigenvalue weighted by Crippen LogP contribution is 2.22. The third-order valence-corrected chi connectivity index (χ3v) is 2.15. The molecule has 1 aliphatic rings. The van der Waals surface area contributed by atoms with Gasteiger partial charge in [-0.2, -0.15) is 4.98 Å². The van der Waals surface area contributed by atoms with Crippen LogP contribution in [-0.2, 0) is 11.3 Å². The predicted molar refractivity (Wildman–Crippen MR) is 43.7 cm³/mol. The molecule has 0 atom stereocenters. The number of aromatic nitrogens is 2. The minimum absolute atomic E-state index is 0.199. The molecule has 0 spiro atoms. The Hall–Kier alpha value is -1.43. The van der Waals surface area contributed by atoms with Crippen LogP contribution in [0.5, 0.6) is 0 Å². The quantitative estimate of drug-likeness (QED) is 0.771.